The van der Waals surface area contributed by atoms with Crippen LogP contribution in [0.5, 0.6) is 0 Å². The summed E-state index contributed by atoms with van der Waals surface area (Å²) in [6, 6.07) is 7.86. The van der Waals surface area contributed by atoms with E-state index in [9.17, 15) is 13.9 Å². The molecule has 2 rings (SSSR count). The summed E-state index contributed by atoms with van der Waals surface area (Å²) in [5, 5.41) is 12.2. The number of alkyl halides is 2. The average molecular weight is 255 g/mol. The predicted octanol–water partition coefficient (Wildman–Crippen LogP) is 2.53. The molecule has 0 amide bonds. The third-order valence-corrected chi connectivity index (χ3v) is 3.49. The predicted molar refractivity (Wildman–Crippen MR) is 66.6 cm³/mol. The van der Waals surface area contributed by atoms with Gasteiger partial charge in [0, 0.05) is 5.56 Å². The number of halogens is 2. The number of aliphatic hydroxyl groups is 1. The quantitative estimate of drug-likeness (QED) is 0.847. The van der Waals surface area contributed by atoms with E-state index in [1.165, 1.54) is 12.1 Å². The molecule has 100 valence electrons. The van der Waals surface area contributed by atoms with Gasteiger partial charge in [-0.1, -0.05) is 30.3 Å². The van der Waals surface area contributed by atoms with E-state index in [1.807, 2.05) is 0 Å². The van der Waals surface area contributed by atoms with Crippen molar-refractivity contribution >= 4 is 0 Å². The zero-order valence-corrected chi connectivity index (χ0v) is 10.3. The van der Waals surface area contributed by atoms with Crippen molar-refractivity contribution in [3.8, 4) is 0 Å². The molecular weight excluding hydrogens is 236 g/mol. The van der Waals surface area contributed by atoms with Crippen LogP contribution in [-0.2, 0) is 5.92 Å². The number of rotatable bonds is 5. The van der Waals surface area contributed by atoms with E-state index in [2.05, 4.69) is 5.32 Å². The standard InChI is InChI=1S/C14H19F2NO/c15-14(16,12-4-2-1-3-5-12)10-17-9-11-6-7-13(18)8-11/h1-5,11,13,17-18H,6-10H2. The number of nitrogens with one attached hydrogen (secondary N) is 1. The zero-order chi connectivity index (χ0) is 13.0. The highest BCUT2D eigenvalue weighted by molar-refractivity contribution is 5.20. The highest BCUT2D eigenvalue weighted by atomic mass is 19.3. The van der Waals surface area contributed by atoms with Crippen molar-refractivity contribution in [2.45, 2.75) is 31.3 Å². The zero-order valence-electron chi connectivity index (χ0n) is 10.3. The molecule has 1 aromatic rings. The third-order valence-electron chi connectivity index (χ3n) is 3.49. The highest BCUT2D eigenvalue weighted by Crippen LogP contribution is 2.28. The molecule has 0 heterocycles. The molecule has 0 bridgehead atoms. The van der Waals surface area contributed by atoms with Crippen molar-refractivity contribution in [1.29, 1.82) is 0 Å². The summed E-state index contributed by atoms with van der Waals surface area (Å²) in [5.74, 6) is -2.51. The maximum atomic E-state index is 13.8. The Morgan fingerprint density at radius 3 is 2.56 bits per heavy atom. The van der Waals surface area contributed by atoms with Gasteiger partial charge >= 0.3 is 0 Å². The van der Waals surface area contributed by atoms with Crippen LogP contribution in [0.25, 0.3) is 0 Å². The molecule has 1 aliphatic carbocycles. The van der Waals surface area contributed by atoms with E-state index in [4.69, 9.17) is 0 Å². The van der Waals surface area contributed by atoms with Crippen LogP contribution in [-0.4, -0.2) is 24.3 Å². The lowest BCUT2D eigenvalue weighted by Crippen LogP contribution is -2.33. The third kappa shape index (κ3) is 3.50. The summed E-state index contributed by atoms with van der Waals surface area (Å²) in [6.07, 6.45) is 2.20. The Morgan fingerprint density at radius 1 is 1.22 bits per heavy atom. The Morgan fingerprint density at radius 2 is 1.94 bits per heavy atom. The second-order valence-electron chi connectivity index (χ2n) is 5.03. The molecule has 1 saturated carbocycles. The summed E-state index contributed by atoms with van der Waals surface area (Å²) in [6.45, 7) is 0.211. The molecule has 0 radical (unpaired) electrons. The molecule has 1 fully saturated rings. The van der Waals surface area contributed by atoms with Crippen molar-refractivity contribution in [3.63, 3.8) is 0 Å². The number of hydrogen-bond acceptors (Lipinski definition) is 2. The molecule has 4 heteroatoms. The number of aliphatic hydroxyl groups excluding tert-OH is 1. The topological polar surface area (TPSA) is 32.3 Å². The van der Waals surface area contributed by atoms with Gasteiger partial charge < -0.3 is 10.4 Å². The lowest BCUT2D eigenvalue weighted by Gasteiger charge is -2.19. The first-order chi connectivity index (χ1) is 8.58. The molecule has 0 spiro atoms. The maximum Gasteiger partial charge on any atom is 0.285 e. The Hall–Kier alpha value is -1.00. The van der Waals surface area contributed by atoms with Crippen LogP contribution in [0.1, 0.15) is 24.8 Å². The van der Waals surface area contributed by atoms with Crippen molar-refractivity contribution in [2.24, 2.45) is 5.92 Å². The van der Waals surface area contributed by atoms with Crippen LogP contribution in [0.15, 0.2) is 30.3 Å². The van der Waals surface area contributed by atoms with E-state index in [0.717, 1.165) is 19.3 Å². The molecule has 0 aromatic heterocycles. The molecule has 1 aliphatic rings. The fourth-order valence-electron chi connectivity index (χ4n) is 2.45. The lowest BCUT2D eigenvalue weighted by molar-refractivity contribution is -0.00382. The Kier molecular flexibility index (Phi) is 4.30. The van der Waals surface area contributed by atoms with Gasteiger partial charge in [0.1, 0.15) is 0 Å². The summed E-state index contributed by atoms with van der Waals surface area (Å²) in [4.78, 5) is 0. The summed E-state index contributed by atoms with van der Waals surface area (Å²) in [7, 11) is 0. The van der Waals surface area contributed by atoms with Gasteiger partial charge in [0.2, 0.25) is 0 Å². The monoisotopic (exact) mass is 255 g/mol. The molecular formula is C14H19F2NO. The summed E-state index contributed by atoms with van der Waals surface area (Å²) < 4.78 is 27.6. The van der Waals surface area contributed by atoms with E-state index < -0.39 is 5.92 Å². The van der Waals surface area contributed by atoms with Crippen LogP contribution < -0.4 is 5.32 Å². The van der Waals surface area contributed by atoms with E-state index in [1.54, 1.807) is 18.2 Å². The molecule has 0 saturated heterocycles. The smallest absolute Gasteiger partial charge is 0.285 e. The van der Waals surface area contributed by atoms with Gasteiger partial charge in [-0.15, -0.1) is 0 Å². The van der Waals surface area contributed by atoms with Crippen molar-refractivity contribution in [2.75, 3.05) is 13.1 Å². The first kappa shape index (κ1) is 13.4. The summed E-state index contributed by atoms with van der Waals surface area (Å²) in [5.41, 5.74) is 0.0453. The van der Waals surface area contributed by atoms with Crippen LogP contribution >= 0.6 is 0 Å². The van der Waals surface area contributed by atoms with Gasteiger partial charge in [0.25, 0.3) is 5.92 Å². The Labute approximate surface area is 106 Å². The first-order valence-corrected chi connectivity index (χ1v) is 6.40. The van der Waals surface area contributed by atoms with E-state index in [0.29, 0.717) is 12.5 Å². The van der Waals surface area contributed by atoms with Crippen LogP contribution in [0.4, 0.5) is 8.78 Å². The van der Waals surface area contributed by atoms with Crippen molar-refractivity contribution < 1.29 is 13.9 Å². The van der Waals surface area contributed by atoms with Gasteiger partial charge in [-0.2, -0.15) is 8.78 Å². The first-order valence-electron chi connectivity index (χ1n) is 6.40. The minimum Gasteiger partial charge on any atom is -0.393 e. The van der Waals surface area contributed by atoms with Gasteiger partial charge in [-0.3, -0.25) is 0 Å². The normalized spacial score (nSPS) is 24.4. The number of hydrogen-bond donors (Lipinski definition) is 2. The van der Waals surface area contributed by atoms with Gasteiger partial charge in [-0.05, 0) is 31.7 Å². The van der Waals surface area contributed by atoms with Crippen LogP contribution in [0.3, 0.4) is 0 Å². The van der Waals surface area contributed by atoms with Gasteiger partial charge in [0.15, 0.2) is 0 Å². The second kappa shape index (κ2) is 5.76. The average Bonchev–Trinajstić information content (AvgIpc) is 2.76. The SMILES string of the molecule is OC1CCC(CNCC(F)(F)c2ccccc2)C1. The summed E-state index contributed by atoms with van der Waals surface area (Å²) >= 11 is 0. The van der Waals surface area contributed by atoms with E-state index >= 15 is 0 Å². The largest absolute Gasteiger partial charge is 0.393 e. The molecule has 0 aliphatic heterocycles. The molecule has 2 nitrogen and oxygen atoms in total. The minimum absolute atomic E-state index is 0.0453. The molecule has 2 N–H and O–H groups in total. The molecule has 2 unspecified atom stereocenters. The molecule has 18 heavy (non-hydrogen) atoms. The van der Waals surface area contributed by atoms with Gasteiger partial charge in [0.05, 0.1) is 12.6 Å². The maximum absolute atomic E-state index is 13.8. The fourth-order valence-corrected chi connectivity index (χ4v) is 2.45. The van der Waals surface area contributed by atoms with Crippen molar-refractivity contribution in [1.82, 2.24) is 5.32 Å². The highest BCUT2D eigenvalue weighted by Gasteiger charge is 2.31. The molecule has 1 aromatic carbocycles. The van der Waals surface area contributed by atoms with Crippen LogP contribution in [0.2, 0.25) is 0 Å². The van der Waals surface area contributed by atoms with Crippen LogP contribution in [0, 0.1) is 5.92 Å². The molecule has 2 atom stereocenters. The second-order valence-corrected chi connectivity index (χ2v) is 5.03. The van der Waals surface area contributed by atoms with E-state index in [-0.39, 0.29) is 18.2 Å². The van der Waals surface area contributed by atoms with Gasteiger partial charge in [-0.25, -0.2) is 0 Å². The Balaban J connectivity index is 1.79. The minimum atomic E-state index is -2.83. The Bertz CT molecular complexity index is 369. The van der Waals surface area contributed by atoms with Crippen molar-refractivity contribution in [3.05, 3.63) is 35.9 Å². The fraction of sp³-hybridized carbons (Fsp3) is 0.571. The number of benzene rings is 1. The lowest BCUT2D eigenvalue weighted by atomic mass is 10.1.